The third kappa shape index (κ3) is 13.0. The third-order valence-electron chi connectivity index (χ3n) is 8.85. The number of hydrogen-bond donors (Lipinski definition) is 3. The second-order valence-electron chi connectivity index (χ2n) is 15.5. The van der Waals surface area contributed by atoms with E-state index in [1.54, 1.807) is 15.6 Å². The zero-order valence-electron chi connectivity index (χ0n) is 31.3. The van der Waals surface area contributed by atoms with Gasteiger partial charge in [0.25, 0.3) is 0 Å². The lowest BCUT2D eigenvalue weighted by Crippen LogP contribution is -2.46. The molecule has 4 rings (SSSR count). The Bertz CT molecular complexity index is 1440. The van der Waals surface area contributed by atoms with Crippen LogP contribution in [0, 0.1) is 5.92 Å². The van der Waals surface area contributed by atoms with Crippen LogP contribution in [0.1, 0.15) is 105 Å². The van der Waals surface area contributed by atoms with Crippen LogP contribution >= 0.6 is 0 Å². The fraction of sp³-hybridized carbons (Fsp3) is 0.743. The van der Waals surface area contributed by atoms with Gasteiger partial charge in [-0.1, -0.05) is 24.5 Å². The summed E-state index contributed by atoms with van der Waals surface area (Å²) < 4.78 is 13.2. The molecule has 1 saturated heterocycles. The van der Waals surface area contributed by atoms with Gasteiger partial charge in [0, 0.05) is 51.4 Å². The fourth-order valence-electron chi connectivity index (χ4n) is 6.36. The number of nitrogen functional groups attached to an aromatic ring is 1. The molecular weight excluding hydrogens is 656 g/mol. The molecule has 3 heterocycles. The van der Waals surface area contributed by atoms with E-state index in [4.69, 9.17) is 15.2 Å². The highest BCUT2D eigenvalue weighted by molar-refractivity contribution is 5.70. The Balaban J connectivity index is 1.30. The smallest absolute Gasteiger partial charge is 0.410 e. The molecule has 284 valence electrons. The Morgan fingerprint density at radius 1 is 0.922 bits per heavy atom. The molecule has 0 atom stereocenters. The average Bonchev–Trinajstić information content (AvgIpc) is 3.51. The van der Waals surface area contributed by atoms with Gasteiger partial charge in [-0.2, -0.15) is 9.97 Å². The van der Waals surface area contributed by atoms with E-state index in [-0.39, 0.29) is 24.1 Å². The largest absolute Gasteiger partial charge is 0.481 e. The number of carboxylic acid groups (broad SMARTS) is 1. The zero-order chi connectivity index (χ0) is 37.2. The van der Waals surface area contributed by atoms with Crippen LogP contribution in [0.15, 0.2) is 12.3 Å². The van der Waals surface area contributed by atoms with Crippen molar-refractivity contribution >= 4 is 35.7 Å². The van der Waals surface area contributed by atoms with Crippen LogP contribution in [-0.4, -0.2) is 108 Å². The number of carboxylic acids is 1. The van der Waals surface area contributed by atoms with Gasteiger partial charge < -0.3 is 40.3 Å². The number of anilines is 3. The molecule has 16 nitrogen and oxygen atoms in total. The summed E-state index contributed by atoms with van der Waals surface area (Å²) in [5.41, 5.74) is 5.52. The highest BCUT2D eigenvalue weighted by Gasteiger charge is 2.30. The number of ether oxygens (including phenoxy) is 2. The zero-order valence-corrected chi connectivity index (χ0v) is 31.3. The van der Waals surface area contributed by atoms with Gasteiger partial charge in [-0.05, 0) is 80.1 Å². The standard InChI is InChI=1S/C35H58N10O6/c1-34(2,3)50-32(48)43(17-11-19-45(27-12-8-7-9-13-27)33(49)51-35(4,5)6)16-10-18-44-24-26(40-41-44)23-37-31-38-28(36)22-29(39-31)42-20-14-25(15-21-42)30(46)47/h22,24-25,27H,7-21,23H2,1-6H3,(H,46,47)(H3,36,37,38,39). The maximum absolute atomic E-state index is 13.2. The molecule has 1 aliphatic carbocycles. The van der Waals surface area contributed by atoms with Crippen molar-refractivity contribution in [3.8, 4) is 0 Å². The number of aryl methyl sites for hydroxylation is 1. The molecule has 1 saturated carbocycles. The lowest BCUT2D eigenvalue weighted by molar-refractivity contribution is -0.142. The van der Waals surface area contributed by atoms with E-state index in [0.717, 1.165) is 25.7 Å². The lowest BCUT2D eigenvalue weighted by Gasteiger charge is -2.36. The van der Waals surface area contributed by atoms with Crippen LogP contribution < -0.4 is 16.0 Å². The molecule has 2 aromatic rings. The van der Waals surface area contributed by atoms with Gasteiger partial charge in [-0.15, -0.1) is 5.10 Å². The van der Waals surface area contributed by atoms with Crippen LogP contribution in [0.25, 0.3) is 0 Å². The summed E-state index contributed by atoms with van der Waals surface area (Å²) >= 11 is 0. The molecule has 16 heteroatoms. The summed E-state index contributed by atoms with van der Waals surface area (Å²) in [6.07, 6.45) is 8.77. The predicted octanol–water partition coefficient (Wildman–Crippen LogP) is 5.15. The molecule has 2 amide bonds. The molecule has 0 unspecified atom stereocenters. The maximum atomic E-state index is 13.2. The van der Waals surface area contributed by atoms with Crippen molar-refractivity contribution in [1.29, 1.82) is 0 Å². The summed E-state index contributed by atoms with van der Waals surface area (Å²) in [7, 11) is 0. The molecule has 4 N–H and O–H groups in total. The monoisotopic (exact) mass is 714 g/mol. The summed E-state index contributed by atoms with van der Waals surface area (Å²) in [6.45, 7) is 14.6. The minimum Gasteiger partial charge on any atom is -0.481 e. The van der Waals surface area contributed by atoms with Crippen molar-refractivity contribution in [1.82, 2.24) is 34.8 Å². The Kier molecular flexibility index (Phi) is 13.7. The number of carbonyl (C=O) groups is 3. The average molecular weight is 715 g/mol. The Labute approximate surface area is 301 Å². The first kappa shape index (κ1) is 39.4. The normalized spacial score (nSPS) is 16.1. The number of nitrogens with two attached hydrogens (primary N) is 1. The van der Waals surface area contributed by atoms with E-state index in [2.05, 4.69) is 25.6 Å². The number of piperidine rings is 1. The number of rotatable bonds is 14. The van der Waals surface area contributed by atoms with Crippen LogP contribution in [0.4, 0.5) is 27.2 Å². The van der Waals surface area contributed by atoms with Crippen LogP contribution in [0.3, 0.4) is 0 Å². The number of aromatic nitrogens is 5. The van der Waals surface area contributed by atoms with E-state index in [9.17, 15) is 19.5 Å². The summed E-state index contributed by atoms with van der Waals surface area (Å²) in [5.74, 6) is 0.211. The van der Waals surface area contributed by atoms with E-state index in [0.29, 0.717) is 94.8 Å². The van der Waals surface area contributed by atoms with Gasteiger partial charge in [0.15, 0.2) is 0 Å². The summed E-state index contributed by atoms with van der Waals surface area (Å²) in [4.78, 5) is 52.2. The van der Waals surface area contributed by atoms with Crippen LogP contribution in [0.2, 0.25) is 0 Å². The molecule has 2 fully saturated rings. The predicted molar refractivity (Wildman–Crippen MR) is 193 cm³/mol. The van der Waals surface area contributed by atoms with E-state index >= 15 is 0 Å². The number of hydrogen-bond acceptors (Lipinski definition) is 12. The summed E-state index contributed by atoms with van der Waals surface area (Å²) in [6, 6.07) is 1.84. The van der Waals surface area contributed by atoms with Crippen molar-refractivity contribution in [2.24, 2.45) is 5.92 Å². The first-order chi connectivity index (χ1) is 24.1. The van der Waals surface area contributed by atoms with Crippen molar-refractivity contribution in [2.75, 3.05) is 48.7 Å². The molecule has 51 heavy (non-hydrogen) atoms. The Morgan fingerprint density at radius 3 is 2.22 bits per heavy atom. The van der Waals surface area contributed by atoms with Crippen molar-refractivity contribution in [3.05, 3.63) is 18.0 Å². The number of amides is 2. The molecule has 2 aliphatic rings. The van der Waals surface area contributed by atoms with Gasteiger partial charge in [-0.3, -0.25) is 9.48 Å². The first-order valence-electron chi connectivity index (χ1n) is 18.3. The molecule has 1 aliphatic heterocycles. The highest BCUT2D eigenvalue weighted by atomic mass is 16.6. The topological polar surface area (TPSA) is 194 Å². The van der Waals surface area contributed by atoms with Crippen molar-refractivity contribution in [3.63, 3.8) is 0 Å². The molecule has 2 aromatic heterocycles. The van der Waals surface area contributed by atoms with Gasteiger partial charge in [0.05, 0.1) is 18.7 Å². The minimum absolute atomic E-state index is 0.149. The van der Waals surface area contributed by atoms with Gasteiger partial charge in [0.2, 0.25) is 5.95 Å². The fourth-order valence-corrected chi connectivity index (χ4v) is 6.36. The lowest BCUT2D eigenvalue weighted by atomic mass is 9.94. The molecule has 0 radical (unpaired) electrons. The van der Waals surface area contributed by atoms with Crippen molar-refractivity contribution < 1.29 is 29.0 Å². The van der Waals surface area contributed by atoms with E-state index in [1.807, 2.05) is 57.5 Å². The van der Waals surface area contributed by atoms with Crippen LogP contribution in [-0.2, 0) is 27.4 Å². The molecular formula is C35H58N10O6. The number of nitrogens with zero attached hydrogens (tertiary/aromatic N) is 8. The Hall–Kier alpha value is -4.37. The maximum Gasteiger partial charge on any atom is 0.410 e. The van der Waals surface area contributed by atoms with Crippen molar-refractivity contribution in [2.45, 2.75) is 130 Å². The molecule has 0 spiro atoms. The van der Waals surface area contributed by atoms with Gasteiger partial charge >= 0.3 is 18.2 Å². The van der Waals surface area contributed by atoms with E-state index in [1.165, 1.54) is 6.42 Å². The molecule has 0 aromatic carbocycles. The number of aliphatic carboxylic acids is 1. The number of nitrogens with one attached hydrogen (secondary N) is 1. The second kappa shape index (κ2) is 17.7. The minimum atomic E-state index is -0.763. The Morgan fingerprint density at radius 2 is 1.57 bits per heavy atom. The van der Waals surface area contributed by atoms with Gasteiger partial charge in [0.1, 0.15) is 28.5 Å². The van der Waals surface area contributed by atoms with E-state index < -0.39 is 17.2 Å². The SMILES string of the molecule is CC(C)(C)OC(=O)N(CCCN(C(=O)OC(C)(C)C)C1CCCCC1)CCCn1cc(CNc2nc(N)cc(N3CCC(C(=O)O)CC3)n2)nn1. The van der Waals surface area contributed by atoms with Crippen LogP contribution in [0.5, 0.6) is 0 Å². The summed E-state index contributed by atoms with van der Waals surface area (Å²) in [5, 5.41) is 21.0. The second-order valence-corrected chi connectivity index (χ2v) is 15.5. The third-order valence-corrected chi connectivity index (χ3v) is 8.85. The first-order valence-corrected chi connectivity index (χ1v) is 18.3. The highest BCUT2D eigenvalue weighted by Crippen LogP contribution is 2.26. The molecule has 0 bridgehead atoms. The quantitative estimate of drug-likeness (QED) is 0.233. The number of carbonyl (C=O) groups excluding carboxylic acids is 2. The van der Waals surface area contributed by atoms with Gasteiger partial charge in [-0.25, -0.2) is 9.59 Å².